The lowest BCUT2D eigenvalue weighted by molar-refractivity contribution is -0.432. The van der Waals surface area contributed by atoms with Crippen LogP contribution in [0, 0.1) is 0 Å². The van der Waals surface area contributed by atoms with Crippen LogP contribution in [0.5, 0.6) is 0 Å². The van der Waals surface area contributed by atoms with Gasteiger partial charge < -0.3 is 9.32 Å². The van der Waals surface area contributed by atoms with Crippen molar-refractivity contribution in [3.63, 3.8) is 0 Å². The quantitative estimate of drug-likeness (QED) is 0.0567. The number of nitrogens with zero attached hydrogens (tertiary/aromatic N) is 2. The summed E-state index contributed by atoms with van der Waals surface area (Å²) in [6, 6.07) is 19.3. The van der Waals surface area contributed by atoms with E-state index in [0.29, 0.717) is 42.4 Å². The molecule has 0 saturated carbocycles. The van der Waals surface area contributed by atoms with Crippen LogP contribution in [-0.4, -0.2) is 73.9 Å². The van der Waals surface area contributed by atoms with Gasteiger partial charge in [0.05, 0.1) is 37.2 Å². The van der Waals surface area contributed by atoms with Crippen LogP contribution in [0.15, 0.2) is 70.0 Å². The Hall–Kier alpha value is -3.02. The van der Waals surface area contributed by atoms with Gasteiger partial charge in [0.15, 0.2) is 6.54 Å². The summed E-state index contributed by atoms with van der Waals surface area (Å²) in [7, 11) is -6.63. The summed E-state index contributed by atoms with van der Waals surface area (Å²) < 4.78 is 64.8. The molecule has 2 aromatic rings. The number of likely N-dealkylation sites (N-methyl/N-ethyl adjacent to an activating group) is 2. The summed E-state index contributed by atoms with van der Waals surface area (Å²) >= 11 is 0.873. The fraction of sp³-hybridized carbons (Fsp3) is 0.345. The maximum absolute atomic E-state index is 11.6. The first kappa shape index (κ1) is 33.9. The van der Waals surface area contributed by atoms with E-state index in [0.717, 1.165) is 57.7 Å². The SMILES string of the molecule is CCN(CCNS(C)(=O)=O)c1ccc2c(-c3ccccc3SOOO)c3ccc(=[N+](CC)CCNS(C)(=O)=O)cc-3oc2c1. The minimum Gasteiger partial charge on any atom is -0.456 e. The minimum atomic E-state index is -3.31. The predicted molar refractivity (Wildman–Crippen MR) is 173 cm³/mol. The van der Waals surface area contributed by atoms with E-state index < -0.39 is 20.0 Å². The molecule has 2 aliphatic rings. The summed E-state index contributed by atoms with van der Waals surface area (Å²) in [4.78, 5) is 2.75. The molecule has 238 valence electrons. The monoisotopic (exact) mass is 665 g/mol. The smallest absolute Gasteiger partial charge is 0.208 e. The van der Waals surface area contributed by atoms with Gasteiger partial charge in [-0.05, 0) is 43.7 Å². The molecule has 0 unspecified atom stereocenters. The van der Waals surface area contributed by atoms with Gasteiger partial charge in [0.2, 0.25) is 25.4 Å². The van der Waals surface area contributed by atoms with Crippen molar-refractivity contribution in [2.45, 2.75) is 18.7 Å². The Labute approximate surface area is 261 Å². The zero-order valence-corrected chi connectivity index (χ0v) is 27.4. The zero-order chi connectivity index (χ0) is 31.9. The molecule has 1 heterocycles. The van der Waals surface area contributed by atoms with Crippen molar-refractivity contribution >= 4 is 48.7 Å². The number of rotatable bonds is 15. The molecule has 0 atom stereocenters. The van der Waals surface area contributed by atoms with Crippen molar-refractivity contribution in [1.29, 1.82) is 0 Å². The van der Waals surface area contributed by atoms with E-state index in [9.17, 15) is 16.8 Å². The molecule has 0 fully saturated rings. The second-order valence-electron chi connectivity index (χ2n) is 10.1. The summed E-state index contributed by atoms with van der Waals surface area (Å²) in [5.41, 5.74) is 4.02. The number of nitrogens with one attached hydrogen (secondary N) is 2. The molecule has 2 aromatic carbocycles. The molecule has 12 nitrogen and oxygen atoms in total. The van der Waals surface area contributed by atoms with E-state index in [-0.39, 0.29) is 13.1 Å². The molecular weight excluding hydrogens is 629 g/mol. The molecule has 0 amide bonds. The molecule has 0 spiro atoms. The molecular formula is C29H37N4O8S3+. The van der Waals surface area contributed by atoms with Gasteiger partial charge in [-0.1, -0.05) is 23.2 Å². The van der Waals surface area contributed by atoms with Crippen LogP contribution in [0.1, 0.15) is 13.8 Å². The summed E-state index contributed by atoms with van der Waals surface area (Å²) in [5, 5.41) is 14.4. The Bertz CT molecular complexity index is 1860. The number of benzene rings is 3. The second kappa shape index (κ2) is 14.8. The maximum Gasteiger partial charge on any atom is 0.208 e. The molecule has 15 heteroatoms. The summed E-state index contributed by atoms with van der Waals surface area (Å²) in [6.45, 7) is 6.72. The van der Waals surface area contributed by atoms with E-state index in [1.807, 2.05) is 74.5 Å². The van der Waals surface area contributed by atoms with Crippen LogP contribution in [0.4, 0.5) is 5.69 Å². The van der Waals surface area contributed by atoms with Gasteiger partial charge in [-0.2, -0.15) is 0 Å². The Kier molecular flexibility index (Phi) is 11.4. The normalized spacial score (nSPS) is 13.0. The fourth-order valence-electron chi connectivity index (χ4n) is 5.02. The second-order valence-corrected chi connectivity index (χ2v) is 14.5. The Morgan fingerprint density at radius 2 is 1.66 bits per heavy atom. The first-order valence-corrected chi connectivity index (χ1v) is 18.4. The van der Waals surface area contributed by atoms with Gasteiger partial charge >= 0.3 is 0 Å². The van der Waals surface area contributed by atoms with Crippen LogP contribution in [0.2, 0.25) is 0 Å². The molecule has 1 aliphatic heterocycles. The third-order valence-corrected chi connectivity index (χ3v) is 9.11. The fourth-order valence-corrected chi connectivity index (χ4v) is 6.44. The van der Waals surface area contributed by atoms with Crippen molar-refractivity contribution in [1.82, 2.24) is 14.0 Å². The molecule has 0 aromatic heterocycles. The van der Waals surface area contributed by atoms with E-state index in [1.54, 1.807) is 0 Å². The topological polar surface area (TPSA) is 150 Å². The zero-order valence-electron chi connectivity index (χ0n) is 24.9. The highest BCUT2D eigenvalue weighted by Gasteiger charge is 2.22. The molecule has 0 saturated heterocycles. The predicted octanol–water partition coefficient (Wildman–Crippen LogP) is 3.35. The van der Waals surface area contributed by atoms with Gasteiger partial charge in [-0.15, -0.1) is 4.33 Å². The van der Waals surface area contributed by atoms with Crippen LogP contribution >= 0.6 is 12.0 Å². The lowest BCUT2D eigenvalue weighted by Gasteiger charge is -2.24. The average Bonchev–Trinajstić information content (AvgIpc) is 2.98. The standard InChI is InChI=1S/C29H36N4O8S3/c1-5-32(17-15-30-43(3,35)36)21-11-13-23-26(19-21)39-27-20-22(33(6-2)18-16-31-44(4,37)38)12-14-24(27)29(23)25-9-7-8-10-28(25)42-41-40-34/h7-14,19-20,30-31H,5-6,15-18H2,1-4H3/p+1. The first-order chi connectivity index (χ1) is 20.9. The Morgan fingerprint density at radius 3 is 2.34 bits per heavy atom. The van der Waals surface area contributed by atoms with E-state index >= 15 is 0 Å². The number of anilines is 1. The van der Waals surface area contributed by atoms with E-state index in [2.05, 4.69) is 24.0 Å². The third kappa shape index (κ3) is 8.79. The minimum absolute atomic E-state index is 0.257. The number of hydrogen-bond donors (Lipinski definition) is 3. The van der Waals surface area contributed by atoms with Gasteiger partial charge in [-0.3, -0.25) is 0 Å². The number of hydrogen-bond acceptors (Lipinski definition) is 10. The molecule has 0 radical (unpaired) electrons. The highest BCUT2D eigenvalue weighted by molar-refractivity contribution is 7.94. The highest BCUT2D eigenvalue weighted by Crippen LogP contribution is 2.44. The van der Waals surface area contributed by atoms with Gasteiger partial charge in [0.25, 0.3) is 0 Å². The third-order valence-electron chi connectivity index (χ3n) is 6.99. The van der Waals surface area contributed by atoms with E-state index in [4.69, 9.17) is 14.0 Å². The van der Waals surface area contributed by atoms with Crippen molar-refractivity contribution in [2.75, 3.05) is 56.7 Å². The van der Waals surface area contributed by atoms with Crippen molar-refractivity contribution in [3.8, 4) is 22.5 Å². The van der Waals surface area contributed by atoms with Crippen LogP contribution < -0.4 is 24.3 Å². The average molecular weight is 666 g/mol. The summed E-state index contributed by atoms with van der Waals surface area (Å²) in [5.74, 6) is 0.609. The van der Waals surface area contributed by atoms with Crippen LogP contribution in [0.3, 0.4) is 0 Å². The number of fused-ring (bicyclic) bond motifs is 2. The van der Waals surface area contributed by atoms with Crippen molar-refractivity contribution in [2.24, 2.45) is 0 Å². The van der Waals surface area contributed by atoms with Crippen LogP contribution in [-0.2, 0) is 29.4 Å². The maximum atomic E-state index is 11.6. The van der Waals surface area contributed by atoms with Gasteiger partial charge in [0.1, 0.15) is 17.9 Å². The van der Waals surface area contributed by atoms with Crippen LogP contribution in [0.25, 0.3) is 33.4 Å². The first-order valence-electron chi connectivity index (χ1n) is 13.9. The van der Waals surface area contributed by atoms with Crippen molar-refractivity contribution < 1.29 is 35.9 Å². The molecule has 4 rings (SSSR count). The Balaban J connectivity index is 1.91. The summed E-state index contributed by atoms with van der Waals surface area (Å²) in [6.07, 6.45) is 2.27. The van der Waals surface area contributed by atoms with Crippen molar-refractivity contribution in [3.05, 3.63) is 66.0 Å². The highest BCUT2D eigenvalue weighted by atomic mass is 32.2. The lowest BCUT2D eigenvalue weighted by atomic mass is 9.93. The van der Waals surface area contributed by atoms with Gasteiger partial charge in [-0.25, -0.2) is 36.1 Å². The largest absolute Gasteiger partial charge is 0.456 e. The van der Waals surface area contributed by atoms with E-state index in [1.165, 1.54) is 0 Å². The molecule has 44 heavy (non-hydrogen) atoms. The number of sulfonamides is 2. The molecule has 1 aliphatic carbocycles. The molecule has 3 N–H and O–H groups in total. The molecule has 0 bridgehead atoms. The Morgan fingerprint density at radius 1 is 0.932 bits per heavy atom. The van der Waals surface area contributed by atoms with Gasteiger partial charge in [0, 0.05) is 58.9 Å². The lowest BCUT2D eigenvalue weighted by Crippen LogP contribution is -2.37.